The molecule has 0 aliphatic carbocycles. The average molecular weight is 460 g/mol. The van der Waals surface area contributed by atoms with Crippen molar-refractivity contribution < 1.29 is 9.53 Å². The summed E-state index contributed by atoms with van der Waals surface area (Å²) in [5.41, 5.74) is 4.54. The minimum atomic E-state index is -0.273. The standard InChI is InChI=1S/C25H29N7O2/c1-14-10-31(11-15(2)26-14)20-8-6-19(23-18(20)7-9-22(30-23)34-5)25(33)29-21-13-32-12-16(3)27-17(4)24(32)28-21/h6-9,12-15,26H,10-11H2,1-5H3,(H,29,33)/t14-,15+. The van der Waals surface area contributed by atoms with Crippen LogP contribution < -0.4 is 20.3 Å². The first-order chi connectivity index (χ1) is 16.3. The van der Waals surface area contributed by atoms with Crippen molar-refractivity contribution in [3.8, 4) is 5.88 Å². The van der Waals surface area contributed by atoms with Gasteiger partial charge in [-0.05, 0) is 45.9 Å². The number of imidazole rings is 1. The van der Waals surface area contributed by atoms with Crippen LogP contribution >= 0.6 is 0 Å². The van der Waals surface area contributed by atoms with E-state index >= 15 is 0 Å². The van der Waals surface area contributed by atoms with Gasteiger partial charge in [0.15, 0.2) is 11.5 Å². The van der Waals surface area contributed by atoms with Crippen molar-refractivity contribution in [3.63, 3.8) is 0 Å². The highest BCUT2D eigenvalue weighted by Gasteiger charge is 2.24. The van der Waals surface area contributed by atoms with Crippen molar-refractivity contribution in [3.05, 3.63) is 53.6 Å². The Morgan fingerprint density at radius 2 is 1.82 bits per heavy atom. The zero-order valence-electron chi connectivity index (χ0n) is 20.1. The number of anilines is 2. The minimum absolute atomic E-state index is 0.273. The fraction of sp³-hybridized carbons (Fsp3) is 0.360. The monoisotopic (exact) mass is 459 g/mol. The number of methoxy groups -OCH3 is 1. The molecule has 1 aliphatic heterocycles. The zero-order valence-corrected chi connectivity index (χ0v) is 20.1. The third-order valence-electron chi connectivity index (χ3n) is 6.13. The van der Waals surface area contributed by atoms with E-state index < -0.39 is 0 Å². The van der Waals surface area contributed by atoms with Crippen LogP contribution in [-0.4, -0.2) is 57.5 Å². The average Bonchev–Trinajstić information content (AvgIpc) is 3.19. The predicted molar refractivity (Wildman–Crippen MR) is 133 cm³/mol. The van der Waals surface area contributed by atoms with Gasteiger partial charge >= 0.3 is 0 Å². The molecule has 4 aromatic rings. The van der Waals surface area contributed by atoms with Gasteiger partial charge in [-0.2, -0.15) is 0 Å². The lowest BCUT2D eigenvalue weighted by Gasteiger charge is -2.38. The zero-order chi connectivity index (χ0) is 24.0. The molecular weight excluding hydrogens is 430 g/mol. The number of amides is 1. The number of nitrogens with one attached hydrogen (secondary N) is 2. The topological polar surface area (TPSA) is 96.7 Å². The van der Waals surface area contributed by atoms with Gasteiger partial charge in [-0.15, -0.1) is 0 Å². The van der Waals surface area contributed by atoms with Gasteiger partial charge in [-0.1, -0.05) is 0 Å². The number of aromatic nitrogens is 4. The highest BCUT2D eigenvalue weighted by molar-refractivity contribution is 6.13. The number of ether oxygens (including phenoxy) is 1. The highest BCUT2D eigenvalue weighted by atomic mass is 16.5. The maximum atomic E-state index is 13.4. The molecule has 1 saturated heterocycles. The number of benzene rings is 1. The van der Waals surface area contributed by atoms with Gasteiger partial charge in [-0.3, -0.25) is 9.78 Å². The Morgan fingerprint density at radius 3 is 2.56 bits per heavy atom. The van der Waals surface area contributed by atoms with Crippen LogP contribution in [0.2, 0.25) is 0 Å². The molecule has 0 radical (unpaired) electrons. The number of aryl methyl sites for hydroxylation is 2. The molecule has 9 heteroatoms. The molecule has 0 saturated carbocycles. The first-order valence-corrected chi connectivity index (χ1v) is 11.5. The van der Waals surface area contributed by atoms with E-state index in [1.165, 1.54) is 0 Å². The summed E-state index contributed by atoms with van der Waals surface area (Å²) < 4.78 is 7.25. The van der Waals surface area contributed by atoms with Gasteiger partial charge in [0.1, 0.15) is 0 Å². The number of fused-ring (bicyclic) bond motifs is 2. The Labute approximate surface area is 198 Å². The predicted octanol–water partition coefficient (Wildman–Crippen LogP) is 3.34. The second-order valence-electron chi connectivity index (χ2n) is 9.03. The molecule has 0 unspecified atom stereocenters. The number of hydrogen-bond donors (Lipinski definition) is 2. The molecule has 0 bridgehead atoms. The largest absolute Gasteiger partial charge is 0.481 e. The van der Waals surface area contributed by atoms with Gasteiger partial charge in [0.05, 0.1) is 35.8 Å². The number of pyridine rings is 1. The molecule has 9 nitrogen and oxygen atoms in total. The molecule has 3 aromatic heterocycles. The molecule has 4 heterocycles. The van der Waals surface area contributed by atoms with Crippen LogP contribution in [0.5, 0.6) is 5.88 Å². The first kappa shape index (κ1) is 22.1. The minimum Gasteiger partial charge on any atom is -0.481 e. The van der Waals surface area contributed by atoms with Crippen molar-refractivity contribution in [1.29, 1.82) is 0 Å². The van der Waals surface area contributed by atoms with E-state index in [-0.39, 0.29) is 5.91 Å². The lowest BCUT2D eigenvalue weighted by Crippen LogP contribution is -2.54. The summed E-state index contributed by atoms with van der Waals surface area (Å²) >= 11 is 0. The van der Waals surface area contributed by atoms with Gasteiger partial charge in [0.25, 0.3) is 5.91 Å². The fourth-order valence-electron chi connectivity index (χ4n) is 4.83. The molecule has 1 amide bonds. The summed E-state index contributed by atoms with van der Waals surface area (Å²) in [5, 5.41) is 7.42. The molecule has 1 fully saturated rings. The van der Waals surface area contributed by atoms with E-state index in [0.717, 1.165) is 35.6 Å². The van der Waals surface area contributed by atoms with Crippen LogP contribution in [0.25, 0.3) is 16.6 Å². The summed E-state index contributed by atoms with van der Waals surface area (Å²) in [7, 11) is 1.58. The number of piperazine rings is 1. The van der Waals surface area contributed by atoms with Crippen LogP contribution in [0, 0.1) is 13.8 Å². The quantitative estimate of drug-likeness (QED) is 0.483. The van der Waals surface area contributed by atoms with E-state index in [0.29, 0.717) is 40.5 Å². The summed E-state index contributed by atoms with van der Waals surface area (Å²) in [4.78, 5) is 29.4. The second-order valence-corrected chi connectivity index (χ2v) is 9.03. The van der Waals surface area contributed by atoms with E-state index in [9.17, 15) is 4.79 Å². The summed E-state index contributed by atoms with van der Waals surface area (Å²) in [5.74, 6) is 0.654. The summed E-state index contributed by atoms with van der Waals surface area (Å²) in [6, 6.07) is 8.39. The third-order valence-corrected chi connectivity index (χ3v) is 6.13. The Kier molecular flexibility index (Phi) is 5.57. The Bertz CT molecular complexity index is 1390. The Hall–Kier alpha value is -3.72. The molecule has 2 N–H and O–H groups in total. The molecule has 2 atom stereocenters. The lowest BCUT2D eigenvalue weighted by atomic mass is 10.0. The normalized spacial score (nSPS) is 18.4. The Balaban J connectivity index is 1.54. The number of carbonyl (C=O) groups excluding carboxylic acids is 1. The number of rotatable bonds is 4. The van der Waals surface area contributed by atoms with Crippen LogP contribution in [0.3, 0.4) is 0 Å². The van der Waals surface area contributed by atoms with Crippen LogP contribution in [0.1, 0.15) is 35.6 Å². The van der Waals surface area contributed by atoms with Gasteiger partial charge in [0.2, 0.25) is 5.88 Å². The smallest absolute Gasteiger partial charge is 0.259 e. The van der Waals surface area contributed by atoms with E-state index in [2.05, 4.69) is 44.3 Å². The number of carbonyl (C=O) groups is 1. The van der Waals surface area contributed by atoms with Gasteiger partial charge in [-0.25, -0.2) is 9.97 Å². The molecular formula is C25H29N7O2. The van der Waals surface area contributed by atoms with Crippen molar-refractivity contribution in [2.45, 2.75) is 39.8 Å². The van der Waals surface area contributed by atoms with Crippen molar-refractivity contribution in [2.24, 2.45) is 0 Å². The molecule has 1 aliphatic rings. The molecule has 1 aromatic carbocycles. The first-order valence-electron chi connectivity index (χ1n) is 11.5. The summed E-state index contributed by atoms with van der Waals surface area (Å²) in [6.45, 7) is 9.96. The van der Waals surface area contributed by atoms with Crippen molar-refractivity contribution >= 4 is 34.0 Å². The lowest BCUT2D eigenvalue weighted by molar-refractivity contribution is 0.102. The molecule has 0 spiro atoms. The van der Waals surface area contributed by atoms with Crippen molar-refractivity contribution in [2.75, 3.05) is 30.4 Å². The summed E-state index contributed by atoms with van der Waals surface area (Å²) in [6.07, 6.45) is 3.68. The third kappa shape index (κ3) is 4.03. The molecule has 176 valence electrons. The maximum Gasteiger partial charge on any atom is 0.259 e. The number of nitrogens with zero attached hydrogens (tertiary/aromatic N) is 5. The van der Waals surface area contributed by atoms with Crippen LogP contribution in [0.15, 0.2) is 36.7 Å². The van der Waals surface area contributed by atoms with E-state index in [4.69, 9.17) is 4.74 Å². The van der Waals surface area contributed by atoms with Gasteiger partial charge in [0, 0.05) is 48.5 Å². The number of hydrogen-bond acceptors (Lipinski definition) is 7. The van der Waals surface area contributed by atoms with E-state index in [1.54, 1.807) is 13.3 Å². The molecule has 34 heavy (non-hydrogen) atoms. The highest BCUT2D eigenvalue weighted by Crippen LogP contribution is 2.32. The van der Waals surface area contributed by atoms with Crippen molar-refractivity contribution in [1.82, 2.24) is 24.7 Å². The Morgan fingerprint density at radius 1 is 1.06 bits per heavy atom. The van der Waals surface area contributed by atoms with Crippen LogP contribution in [0.4, 0.5) is 11.5 Å². The SMILES string of the molecule is COc1ccc2c(N3C[C@@H](C)N[C@@H](C)C3)ccc(C(=O)Nc3cn4cc(C)nc(C)c4n3)c2n1. The fourth-order valence-corrected chi connectivity index (χ4v) is 4.83. The van der Waals surface area contributed by atoms with E-state index in [1.807, 2.05) is 48.7 Å². The van der Waals surface area contributed by atoms with Gasteiger partial charge < -0.3 is 24.7 Å². The maximum absolute atomic E-state index is 13.4. The second kappa shape index (κ2) is 8.57. The molecule has 5 rings (SSSR count). The van der Waals surface area contributed by atoms with Crippen LogP contribution in [-0.2, 0) is 0 Å².